The SMILES string of the molecule is CN(C)CCCCON(C)C/C=C/[C@H]1CC[C@]2(O)[C@@H]3CC[C@@H]4C[C@@H](O)CC[C@]4(C)[C@H]3CC[C@]12C. The summed E-state index contributed by atoms with van der Waals surface area (Å²) in [7, 11) is 6.25. The fraction of sp³-hybridized carbons (Fsp3) is 0.931. The Kier molecular flexibility index (Phi) is 8.21. The number of hydrogen-bond acceptors (Lipinski definition) is 5. The second-order valence-electron chi connectivity index (χ2n) is 13.0. The van der Waals surface area contributed by atoms with Crippen LogP contribution in [0.2, 0.25) is 0 Å². The number of aliphatic hydroxyl groups is 2. The Morgan fingerprint density at radius 2 is 1.74 bits per heavy atom. The van der Waals surface area contributed by atoms with Crippen LogP contribution in [-0.2, 0) is 4.84 Å². The molecule has 0 unspecified atom stereocenters. The summed E-state index contributed by atoms with van der Waals surface area (Å²) in [6.45, 7) is 7.57. The first-order valence-corrected chi connectivity index (χ1v) is 14.2. The number of hydroxylamine groups is 2. The van der Waals surface area contributed by atoms with Crippen LogP contribution in [0, 0.1) is 34.5 Å². The van der Waals surface area contributed by atoms with E-state index in [1.54, 1.807) is 0 Å². The highest BCUT2D eigenvalue weighted by atomic mass is 16.7. The summed E-state index contributed by atoms with van der Waals surface area (Å²) in [5.74, 6) is 2.13. The molecule has 0 saturated heterocycles. The average Bonchev–Trinajstić information content (AvgIpc) is 3.05. The van der Waals surface area contributed by atoms with E-state index < -0.39 is 5.60 Å². The first-order chi connectivity index (χ1) is 16.1. The summed E-state index contributed by atoms with van der Waals surface area (Å²) in [6, 6.07) is 0. The number of allylic oxidation sites excluding steroid dienone is 1. The summed E-state index contributed by atoms with van der Waals surface area (Å²) >= 11 is 0. The summed E-state index contributed by atoms with van der Waals surface area (Å²) < 4.78 is 0. The first-order valence-electron chi connectivity index (χ1n) is 14.2. The van der Waals surface area contributed by atoms with E-state index in [9.17, 15) is 10.2 Å². The molecule has 0 aromatic carbocycles. The van der Waals surface area contributed by atoms with E-state index in [1.165, 1.54) is 12.8 Å². The van der Waals surface area contributed by atoms with Crippen LogP contribution >= 0.6 is 0 Å². The quantitative estimate of drug-likeness (QED) is 0.282. The number of rotatable bonds is 9. The Morgan fingerprint density at radius 3 is 2.50 bits per heavy atom. The maximum atomic E-state index is 12.3. The van der Waals surface area contributed by atoms with Crippen LogP contribution in [-0.4, -0.2) is 72.7 Å². The van der Waals surface area contributed by atoms with Gasteiger partial charge in [0.05, 0.1) is 18.3 Å². The number of fused-ring (bicyclic) bond motifs is 5. The van der Waals surface area contributed by atoms with E-state index in [0.717, 1.165) is 77.5 Å². The molecule has 4 rings (SSSR count). The van der Waals surface area contributed by atoms with E-state index in [2.05, 4.69) is 45.0 Å². The minimum atomic E-state index is -0.538. The second-order valence-corrected chi connectivity index (χ2v) is 13.0. The van der Waals surface area contributed by atoms with Crippen molar-refractivity contribution in [2.24, 2.45) is 34.5 Å². The van der Waals surface area contributed by atoms with Crippen molar-refractivity contribution in [3.05, 3.63) is 12.2 Å². The van der Waals surface area contributed by atoms with Crippen molar-refractivity contribution in [1.82, 2.24) is 9.96 Å². The summed E-state index contributed by atoms with van der Waals surface area (Å²) in [5.41, 5.74) is -0.253. The van der Waals surface area contributed by atoms with Gasteiger partial charge in [-0.3, -0.25) is 4.84 Å². The van der Waals surface area contributed by atoms with Gasteiger partial charge in [0.15, 0.2) is 0 Å². The van der Waals surface area contributed by atoms with Crippen LogP contribution in [0.4, 0.5) is 0 Å². The molecular formula is C29H52N2O3. The molecule has 196 valence electrons. The highest BCUT2D eigenvalue weighted by Gasteiger charge is 2.66. The van der Waals surface area contributed by atoms with Gasteiger partial charge in [-0.25, -0.2) is 0 Å². The fourth-order valence-corrected chi connectivity index (χ4v) is 8.73. The second kappa shape index (κ2) is 10.5. The minimum Gasteiger partial charge on any atom is -0.393 e. The Balaban J connectivity index is 1.34. The van der Waals surface area contributed by atoms with Crippen molar-refractivity contribution in [3.63, 3.8) is 0 Å². The maximum absolute atomic E-state index is 12.3. The lowest BCUT2D eigenvalue weighted by molar-refractivity contribution is -0.207. The van der Waals surface area contributed by atoms with Crippen LogP contribution in [0.1, 0.15) is 84.5 Å². The van der Waals surface area contributed by atoms with E-state index in [-0.39, 0.29) is 11.5 Å². The number of nitrogens with zero attached hydrogens (tertiary/aromatic N) is 2. The van der Waals surface area contributed by atoms with E-state index >= 15 is 0 Å². The monoisotopic (exact) mass is 476 g/mol. The van der Waals surface area contributed by atoms with Crippen molar-refractivity contribution in [2.75, 3.05) is 40.8 Å². The molecule has 0 aromatic rings. The molecule has 4 fully saturated rings. The lowest BCUT2D eigenvalue weighted by Crippen LogP contribution is -2.62. The smallest absolute Gasteiger partial charge is 0.0737 e. The average molecular weight is 477 g/mol. The van der Waals surface area contributed by atoms with E-state index in [1.807, 2.05) is 12.1 Å². The molecule has 0 heterocycles. The molecule has 5 nitrogen and oxygen atoms in total. The molecule has 4 aliphatic carbocycles. The molecule has 0 amide bonds. The van der Waals surface area contributed by atoms with Gasteiger partial charge in [0.1, 0.15) is 0 Å². The van der Waals surface area contributed by atoms with E-state index in [4.69, 9.17) is 4.84 Å². The molecular weight excluding hydrogens is 424 g/mol. The zero-order chi connectivity index (χ0) is 24.6. The predicted molar refractivity (Wildman–Crippen MR) is 138 cm³/mol. The lowest BCUT2D eigenvalue weighted by Gasteiger charge is -2.63. The molecule has 5 heteroatoms. The van der Waals surface area contributed by atoms with Crippen LogP contribution in [0.5, 0.6) is 0 Å². The molecule has 0 spiro atoms. The van der Waals surface area contributed by atoms with Crippen LogP contribution < -0.4 is 0 Å². The number of likely N-dealkylation sites (N-methyl/N-ethyl adjacent to an activating group) is 1. The molecule has 0 radical (unpaired) electrons. The molecule has 34 heavy (non-hydrogen) atoms. The Hall–Kier alpha value is -0.460. The molecule has 4 saturated carbocycles. The number of unbranched alkanes of at least 4 members (excludes halogenated alkanes) is 1. The maximum Gasteiger partial charge on any atom is 0.0737 e. The van der Waals surface area contributed by atoms with Gasteiger partial charge in [0.2, 0.25) is 0 Å². The predicted octanol–water partition coefficient (Wildman–Crippen LogP) is 4.88. The zero-order valence-electron chi connectivity index (χ0n) is 22.6. The summed E-state index contributed by atoms with van der Waals surface area (Å²) in [5, 5.41) is 24.5. The van der Waals surface area contributed by atoms with Gasteiger partial charge in [0, 0.05) is 19.0 Å². The van der Waals surface area contributed by atoms with Gasteiger partial charge in [0.25, 0.3) is 0 Å². The molecule has 0 aliphatic heterocycles. The zero-order valence-corrected chi connectivity index (χ0v) is 22.6. The van der Waals surface area contributed by atoms with Crippen molar-refractivity contribution in [3.8, 4) is 0 Å². The van der Waals surface area contributed by atoms with Gasteiger partial charge < -0.3 is 15.1 Å². The van der Waals surface area contributed by atoms with E-state index in [0.29, 0.717) is 29.1 Å². The highest BCUT2D eigenvalue weighted by Crippen LogP contribution is 2.69. The van der Waals surface area contributed by atoms with Crippen molar-refractivity contribution in [1.29, 1.82) is 0 Å². The molecule has 8 atom stereocenters. The van der Waals surface area contributed by atoms with Crippen LogP contribution in [0.25, 0.3) is 0 Å². The van der Waals surface area contributed by atoms with Gasteiger partial charge >= 0.3 is 0 Å². The van der Waals surface area contributed by atoms with Crippen LogP contribution in [0.3, 0.4) is 0 Å². The highest BCUT2D eigenvalue weighted by molar-refractivity contribution is 5.19. The largest absolute Gasteiger partial charge is 0.393 e. The summed E-state index contributed by atoms with van der Waals surface area (Å²) in [4.78, 5) is 8.09. The molecule has 0 bridgehead atoms. The Labute approximate surface area is 208 Å². The van der Waals surface area contributed by atoms with Gasteiger partial charge in [-0.05, 0) is 120 Å². The normalized spacial score (nSPS) is 44.4. The molecule has 2 N–H and O–H groups in total. The van der Waals surface area contributed by atoms with Crippen molar-refractivity contribution in [2.45, 2.75) is 96.2 Å². The third-order valence-electron chi connectivity index (χ3n) is 10.9. The first kappa shape index (κ1) is 26.6. The third kappa shape index (κ3) is 4.89. The topological polar surface area (TPSA) is 56.2 Å². The third-order valence-corrected chi connectivity index (χ3v) is 10.9. The standard InChI is InChI=1S/C29H52N2O3/c1-27-15-13-24(32)21-23(27)10-11-26-25(27)14-16-28(2)22(12-17-29(26,28)33)9-8-19-31(5)34-20-7-6-18-30(3)4/h8-9,22-26,32-33H,6-7,10-21H2,1-5H3/b9-8+/t22-,23+,24-,25-,26+,27-,28+,29-/m0/s1. The van der Waals surface area contributed by atoms with Gasteiger partial charge in [-0.2, -0.15) is 5.06 Å². The Morgan fingerprint density at radius 1 is 0.941 bits per heavy atom. The molecule has 0 aromatic heterocycles. The minimum absolute atomic E-state index is 0.0202. The van der Waals surface area contributed by atoms with Crippen molar-refractivity contribution < 1.29 is 15.1 Å². The lowest BCUT2D eigenvalue weighted by atomic mass is 9.43. The van der Waals surface area contributed by atoms with Crippen LogP contribution in [0.15, 0.2) is 12.2 Å². The van der Waals surface area contributed by atoms with Gasteiger partial charge in [-0.15, -0.1) is 0 Å². The Bertz CT molecular complexity index is 713. The van der Waals surface area contributed by atoms with Crippen molar-refractivity contribution >= 4 is 0 Å². The number of aliphatic hydroxyl groups excluding tert-OH is 1. The van der Waals surface area contributed by atoms with Gasteiger partial charge in [-0.1, -0.05) is 26.0 Å². The summed E-state index contributed by atoms with van der Waals surface area (Å²) in [6.07, 6.45) is 16.6. The number of hydrogen-bond donors (Lipinski definition) is 2. The molecule has 4 aliphatic rings. The fourth-order valence-electron chi connectivity index (χ4n) is 8.73.